The van der Waals surface area contributed by atoms with Gasteiger partial charge >= 0.3 is 6.18 Å². The third-order valence-electron chi connectivity index (χ3n) is 2.11. The number of hydrogen-bond acceptors (Lipinski definition) is 4. The molecule has 1 N–H and O–H groups in total. The van der Waals surface area contributed by atoms with Crippen LogP contribution in [0.25, 0.3) is 0 Å². The first-order chi connectivity index (χ1) is 8.51. The van der Waals surface area contributed by atoms with Gasteiger partial charge in [-0.15, -0.1) is 0 Å². The number of rotatable bonds is 8. The smallest absolute Gasteiger partial charge is 0.411 e. The van der Waals surface area contributed by atoms with Gasteiger partial charge in [0.15, 0.2) is 5.89 Å². The average Bonchev–Trinajstić information content (AvgIpc) is 2.71. The van der Waals surface area contributed by atoms with Crippen LogP contribution in [-0.2, 0) is 17.8 Å². The standard InChI is InChI=1S/C11H17F3N2O2/c1-2-15-5-3-4-10-16-6-9(18-10)7-17-8-11(12,13)14/h6,15H,2-5,7-8H2,1H3. The van der Waals surface area contributed by atoms with Crippen LogP contribution in [0.3, 0.4) is 0 Å². The quantitative estimate of drug-likeness (QED) is 0.733. The third-order valence-corrected chi connectivity index (χ3v) is 2.11. The van der Waals surface area contributed by atoms with Crippen molar-refractivity contribution in [2.24, 2.45) is 0 Å². The lowest BCUT2D eigenvalue weighted by Gasteiger charge is -2.05. The first kappa shape index (κ1) is 15.0. The minimum Gasteiger partial charge on any atom is -0.443 e. The molecule has 1 rings (SSSR count). The second-order valence-electron chi connectivity index (χ2n) is 3.79. The van der Waals surface area contributed by atoms with Gasteiger partial charge in [0.2, 0.25) is 0 Å². The van der Waals surface area contributed by atoms with Crippen LogP contribution in [0.4, 0.5) is 13.2 Å². The predicted octanol–water partition coefficient (Wildman–Crippen LogP) is 2.30. The molecule has 0 aliphatic carbocycles. The van der Waals surface area contributed by atoms with Gasteiger partial charge in [-0.3, -0.25) is 0 Å². The molecule has 0 aliphatic heterocycles. The molecule has 0 fully saturated rings. The van der Waals surface area contributed by atoms with Crippen molar-refractivity contribution in [2.75, 3.05) is 19.7 Å². The summed E-state index contributed by atoms with van der Waals surface area (Å²) >= 11 is 0. The number of nitrogens with one attached hydrogen (secondary N) is 1. The lowest BCUT2D eigenvalue weighted by Crippen LogP contribution is -2.16. The zero-order valence-electron chi connectivity index (χ0n) is 10.2. The fourth-order valence-corrected chi connectivity index (χ4v) is 1.34. The van der Waals surface area contributed by atoms with E-state index in [1.165, 1.54) is 6.20 Å². The van der Waals surface area contributed by atoms with Gasteiger partial charge in [0.25, 0.3) is 0 Å². The maximum atomic E-state index is 11.8. The number of aryl methyl sites for hydroxylation is 1. The van der Waals surface area contributed by atoms with Crippen molar-refractivity contribution < 1.29 is 22.3 Å². The van der Waals surface area contributed by atoms with Crippen LogP contribution in [0.2, 0.25) is 0 Å². The number of halogens is 3. The van der Waals surface area contributed by atoms with Crippen LogP contribution >= 0.6 is 0 Å². The Morgan fingerprint density at radius 3 is 2.89 bits per heavy atom. The van der Waals surface area contributed by atoms with Crippen molar-refractivity contribution in [3.63, 3.8) is 0 Å². The molecule has 4 nitrogen and oxygen atoms in total. The highest BCUT2D eigenvalue weighted by Crippen LogP contribution is 2.16. The van der Waals surface area contributed by atoms with Gasteiger partial charge in [-0.05, 0) is 19.5 Å². The summed E-state index contributed by atoms with van der Waals surface area (Å²) in [7, 11) is 0. The van der Waals surface area contributed by atoms with Crippen LogP contribution in [0, 0.1) is 0 Å². The van der Waals surface area contributed by atoms with E-state index >= 15 is 0 Å². The summed E-state index contributed by atoms with van der Waals surface area (Å²) in [5.74, 6) is 0.844. The molecule has 0 aromatic carbocycles. The second kappa shape index (κ2) is 7.38. The summed E-state index contributed by atoms with van der Waals surface area (Å²) in [5, 5.41) is 3.16. The fourth-order valence-electron chi connectivity index (χ4n) is 1.34. The van der Waals surface area contributed by atoms with Gasteiger partial charge in [-0.1, -0.05) is 6.92 Å². The molecule has 0 aliphatic rings. The molecular weight excluding hydrogens is 249 g/mol. The summed E-state index contributed by atoms with van der Waals surface area (Å²) in [6.45, 7) is 2.30. The van der Waals surface area contributed by atoms with Gasteiger partial charge in [0, 0.05) is 6.42 Å². The number of nitrogens with zero attached hydrogens (tertiary/aromatic N) is 1. The molecule has 0 amide bonds. The van der Waals surface area contributed by atoms with Crippen LogP contribution in [0.5, 0.6) is 0 Å². The molecular formula is C11H17F3N2O2. The SMILES string of the molecule is CCNCCCc1ncc(COCC(F)(F)F)o1. The highest BCUT2D eigenvalue weighted by molar-refractivity contribution is 4.92. The lowest BCUT2D eigenvalue weighted by molar-refractivity contribution is -0.177. The Hall–Kier alpha value is -1.08. The molecule has 0 spiro atoms. The van der Waals surface area contributed by atoms with Crippen LogP contribution in [-0.4, -0.2) is 30.9 Å². The van der Waals surface area contributed by atoms with Crippen molar-refractivity contribution >= 4 is 0 Å². The first-order valence-corrected chi connectivity index (χ1v) is 5.80. The van der Waals surface area contributed by atoms with E-state index in [9.17, 15) is 13.2 Å². The van der Waals surface area contributed by atoms with E-state index in [0.717, 1.165) is 19.5 Å². The Morgan fingerprint density at radius 1 is 1.44 bits per heavy atom. The lowest BCUT2D eigenvalue weighted by atomic mass is 10.3. The molecule has 0 saturated carbocycles. The van der Waals surface area contributed by atoms with Crippen molar-refractivity contribution in [1.82, 2.24) is 10.3 Å². The van der Waals surface area contributed by atoms with Crippen molar-refractivity contribution in [2.45, 2.75) is 32.5 Å². The molecule has 0 unspecified atom stereocenters. The molecule has 1 heterocycles. The van der Waals surface area contributed by atoms with E-state index in [4.69, 9.17) is 4.42 Å². The molecule has 0 atom stereocenters. The van der Waals surface area contributed by atoms with Gasteiger partial charge < -0.3 is 14.5 Å². The first-order valence-electron chi connectivity index (χ1n) is 5.80. The highest BCUT2D eigenvalue weighted by Gasteiger charge is 2.27. The molecule has 1 aromatic heterocycles. The maximum absolute atomic E-state index is 11.8. The van der Waals surface area contributed by atoms with E-state index in [2.05, 4.69) is 15.0 Å². The van der Waals surface area contributed by atoms with Crippen LogP contribution < -0.4 is 5.32 Å². The zero-order chi connectivity index (χ0) is 13.4. The third kappa shape index (κ3) is 6.61. The van der Waals surface area contributed by atoms with Crippen molar-refractivity contribution in [3.05, 3.63) is 17.8 Å². The maximum Gasteiger partial charge on any atom is 0.411 e. The van der Waals surface area contributed by atoms with Crippen LogP contribution in [0.15, 0.2) is 10.6 Å². The van der Waals surface area contributed by atoms with E-state index < -0.39 is 12.8 Å². The Labute approximate surface area is 104 Å². The topological polar surface area (TPSA) is 47.3 Å². The fraction of sp³-hybridized carbons (Fsp3) is 0.727. The van der Waals surface area contributed by atoms with Crippen molar-refractivity contribution in [3.8, 4) is 0 Å². The summed E-state index contributed by atoms with van der Waals surface area (Å²) in [6.07, 6.45) is -1.38. The average molecular weight is 266 g/mol. The molecule has 0 bridgehead atoms. The molecule has 104 valence electrons. The molecule has 1 aromatic rings. The molecule has 7 heteroatoms. The monoisotopic (exact) mass is 266 g/mol. The summed E-state index contributed by atoms with van der Waals surface area (Å²) in [4.78, 5) is 3.97. The van der Waals surface area contributed by atoms with E-state index in [1.807, 2.05) is 6.92 Å². The number of oxazole rings is 1. The minimum atomic E-state index is -4.31. The number of hydrogen-bond donors (Lipinski definition) is 1. The summed E-state index contributed by atoms with van der Waals surface area (Å²) in [5.41, 5.74) is 0. The molecule has 0 radical (unpaired) electrons. The zero-order valence-corrected chi connectivity index (χ0v) is 10.2. The minimum absolute atomic E-state index is 0.209. The number of alkyl halides is 3. The number of aromatic nitrogens is 1. The summed E-state index contributed by atoms with van der Waals surface area (Å²) in [6, 6.07) is 0. The molecule has 0 saturated heterocycles. The normalized spacial score (nSPS) is 12.0. The summed E-state index contributed by atoms with van der Waals surface area (Å²) < 4.78 is 45.2. The largest absolute Gasteiger partial charge is 0.443 e. The van der Waals surface area contributed by atoms with E-state index in [-0.39, 0.29) is 6.61 Å². The van der Waals surface area contributed by atoms with Gasteiger partial charge in [-0.25, -0.2) is 4.98 Å². The second-order valence-corrected chi connectivity index (χ2v) is 3.79. The van der Waals surface area contributed by atoms with Gasteiger partial charge in [0.05, 0.1) is 6.20 Å². The van der Waals surface area contributed by atoms with Crippen LogP contribution in [0.1, 0.15) is 25.0 Å². The van der Waals surface area contributed by atoms with E-state index in [0.29, 0.717) is 18.1 Å². The van der Waals surface area contributed by atoms with E-state index in [1.54, 1.807) is 0 Å². The highest BCUT2D eigenvalue weighted by atomic mass is 19.4. The molecule has 18 heavy (non-hydrogen) atoms. The Balaban J connectivity index is 2.21. The Kier molecular flexibility index (Phi) is 6.14. The predicted molar refractivity (Wildman–Crippen MR) is 59.1 cm³/mol. The number of ether oxygens (including phenoxy) is 1. The Morgan fingerprint density at radius 2 is 2.22 bits per heavy atom. The van der Waals surface area contributed by atoms with Gasteiger partial charge in [0.1, 0.15) is 19.0 Å². The van der Waals surface area contributed by atoms with Gasteiger partial charge in [-0.2, -0.15) is 13.2 Å². The Bertz CT molecular complexity index is 339. The van der Waals surface area contributed by atoms with Crippen molar-refractivity contribution in [1.29, 1.82) is 0 Å².